The van der Waals surface area contributed by atoms with Gasteiger partial charge in [0.1, 0.15) is 5.75 Å². The first-order chi connectivity index (χ1) is 9.63. The maximum Gasteiger partial charge on any atom is 0.194 e. The van der Waals surface area contributed by atoms with Crippen LogP contribution < -0.4 is 4.74 Å². The molecule has 1 aliphatic rings. The summed E-state index contributed by atoms with van der Waals surface area (Å²) in [7, 11) is 0. The summed E-state index contributed by atoms with van der Waals surface area (Å²) in [5.74, 6) is 0.863. The zero-order chi connectivity index (χ0) is 14.1. The van der Waals surface area contributed by atoms with Gasteiger partial charge in [0.15, 0.2) is 5.78 Å². The lowest BCUT2D eigenvalue weighted by molar-refractivity contribution is 0.103. The number of carbonyl (C=O) groups is 1. The Hall–Kier alpha value is -1.61. The van der Waals surface area contributed by atoms with Crippen LogP contribution in [0.1, 0.15) is 34.3 Å². The van der Waals surface area contributed by atoms with E-state index >= 15 is 0 Å². The molecule has 0 unspecified atom stereocenters. The molecule has 3 rings (SSSR count). The smallest absolute Gasteiger partial charge is 0.194 e. The number of hydrogen-bond acceptors (Lipinski definition) is 2. The first-order valence-corrected chi connectivity index (χ1v) is 7.50. The molecule has 2 aromatic carbocycles. The average molecular weight is 331 g/mol. The fraction of sp³-hybridized carbons (Fsp3) is 0.235. The van der Waals surface area contributed by atoms with E-state index in [1.807, 2.05) is 49.4 Å². The Labute approximate surface area is 126 Å². The lowest BCUT2D eigenvalue weighted by atomic mass is 10.0. The first-order valence-electron chi connectivity index (χ1n) is 6.71. The molecule has 1 saturated carbocycles. The summed E-state index contributed by atoms with van der Waals surface area (Å²) in [5.41, 5.74) is 2.49. The second kappa shape index (κ2) is 5.41. The minimum absolute atomic E-state index is 0.0230. The van der Waals surface area contributed by atoms with Crippen LogP contribution in [-0.2, 0) is 0 Å². The van der Waals surface area contributed by atoms with Gasteiger partial charge in [-0.15, -0.1) is 0 Å². The Kier molecular flexibility index (Phi) is 3.62. The molecular weight excluding hydrogens is 316 g/mol. The number of rotatable bonds is 4. The number of carbonyl (C=O) groups excluding carboxylic acids is 1. The minimum atomic E-state index is 0.0230. The Bertz CT molecular complexity index is 643. The van der Waals surface area contributed by atoms with Crippen molar-refractivity contribution < 1.29 is 9.53 Å². The summed E-state index contributed by atoms with van der Waals surface area (Å²) in [6.07, 6.45) is 2.65. The van der Waals surface area contributed by atoms with Crippen molar-refractivity contribution in [3.05, 3.63) is 63.6 Å². The van der Waals surface area contributed by atoms with Crippen LogP contribution in [-0.4, -0.2) is 11.9 Å². The van der Waals surface area contributed by atoms with Crippen molar-refractivity contribution >= 4 is 21.7 Å². The molecule has 102 valence electrons. The summed E-state index contributed by atoms with van der Waals surface area (Å²) in [5, 5.41) is 0. The van der Waals surface area contributed by atoms with E-state index in [0.717, 1.165) is 28.6 Å². The van der Waals surface area contributed by atoms with E-state index in [-0.39, 0.29) is 5.78 Å². The highest BCUT2D eigenvalue weighted by molar-refractivity contribution is 9.10. The van der Waals surface area contributed by atoms with E-state index in [0.29, 0.717) is 17.2 Å². The van der Waals surface area contributed by atoms with Crippen molar-refractivity contribution in [2.24, 2.45) is 0 Å². The van der Waals surface area contributed by atoms with Gasteiger partial charge in [-0.3, -0.25) is 4.79 Å². The third-order valence-electron chi connectivity index (χ3n) is 3.31. The van der Waals surface area contributed by atoms with Gasteiger partial charge in [-0.05, 0) is 61.7 Å². The van der Waals surface area contributed by atoms with Crippen molar-refractivity contribution in [2.45, 2.75) is 25.9 Å². The van der Waals surface area contributed by atoms with Crippen molar-refractivity contribution in [1.82, 2.24) is 0 Å². The Morgan fingerprint density at radius 2 is 1.85 bits per heavy atom. The zero-order valence-corrected chi connectivity index (χ0v) is 12.8. The molecule has 20 heavy (non-hydrogen) atoms. The molecule has 0 N–H and O–H groups in total. The molecule has 1 fully saturated rings. The Balaban J connectivity index is 1.82. The van der Waals surface area contributed by atoms with Crippen LogP contribution in [0.2, 0.25) is 0 Å². The fourth-order valence-electron chi connectivity index (χ4n) is 2.02. The molecule has 0 aromatic heterocycles. The molecule has 0 atom stereocenters. The summed E-state index contributed by atoms with van der Waals surface area (Å²) in [6, 6.07) is 13.1. The molecule has 0 bridgehead atoms. The minimum Gasteiger partial charge on any atom is -0.490 e. The Morgan fingerprint density at radius 3 is 2.45 bits per heavy atom. The second-order valence-corrected chi connectivity index (χ2v) is 6.01. The summed E-state index contributed by atoms with van der Waals surface area (Å²) in [4.78, 5) is 12.5. The molecule has 0 amide bonds. The molecule has 1 aliphatic carbocycles. The van der Waals surface area contributed by atoms with Gasteiger partial charge in [-0.2, -0.15) is 0 Å². The van der Waals surface area contributed by atoms with Crippen LogP contribution in [0, 0.1) is 6.92 Å². The summed E-state index contributed by atoms with van der Waals surface area (Å²) >= 11 is 3.45. The number of hydrogen-bond donors (Lipinski definition) is 0. The Morgan fingerprint density at radius 1 is 1.15 bits per heavy atom. The maximum absolute atomic E-state index is 12.5. The molecule has 0 aliphatic heterocycles. The van der Waals surface area contributed by atoms with E-state index in [1.54, 1.807) is 0 Å². The molecular formula is C17H15BrO2. The predicted molar refractivity (Wildman–Crippen MR) is 82.4 cm³/mol. The van der Waals surface area contributed by atoms with Crippen LogP contribution in [0.25, 0.3) is 0 Å². The summed E-state index contributed by atoms with van der Waals surface area (Å²) in [6.45, 7) is 2.00. The highest BCUT2D eigenvalue weighted by Gasteiger charge is 2.23. The number of ether oxygens (including phenoxy) is 1. The average Bonchev–Trinajstić information content (AvgIpc) is 3.23. The van der Waals surface area contributed by atoms with Crippen molar-refractivity contribution in [3.8, 4) is 5.75 Å². The lowest BCUT2D eigenvalue weighted by Crippen LogP contribution is -2.03. The number of benzene rings is 2. The highest BCUT2D eigenvalue weighted by Crippen LogP contribution is 2.27. The maximum atomic E-state index is 12.5. The van der Waals surface area contributed by atoms with E-state index in [1.165, 1.54) is 0 Å². The van der Waals surface area contributed by atoms with E-state index in [9.17, 15) is 4.79 Å². The summed E-state index contributed by atoms with van der Waals surface area (Å²) < 4.78 is 6.52. The van der Waals surface area contributed by atoms with Crippen LogP contribution >= 0.6 is 15.9 Å². The van der Waals surface area contributed by atoms with Crippen LogP contribution in [0.5, 0.6) is 5.75 Å². The number of ketones is 1. The predicted octanol–water partition coefficient (Wildman–Crippen LogP) is 4.53. The SMILES string of the molecule is Cc1ccc(C(=O)c2ccc(OC3CC3)cc2)c(Br)c1. The fourth-order valence-corrected chi connectivity index (χ4v) is 2.70. The van der Waals surface area contributed by atoms with Crippen molar-refractivity contribution in [2.75, 3.05) is 0 Å². The third-order valence-corrected chi connectivity index (χ3v) is 3.97. The van der Waals surface area contributed by atoms with Gasteiger partial charge < -0.3 is 4.74 Å². The third kappa shape index (κ3) is 2.93. The van der Waals surface area contributed by atoms with Crippen LogP contribution in [0.3, 0.4) is 0 Å². The standard InChI is InChI=1S/C17H15BrO2/c1-11-2-9-15(16(18)10-11)17(19)12-3-5-13(6-4-12)20-14-7-8-14/h2-6,9-10,14H,7-8H2,1H3. The van der Waals surface area contributed by atoms with Gasteiger partial charge in [0.25, 0.3) is 0 Å². The largest absolute Gasteiger partial charge is 0.490 e. The second-order valence-electron chi connectivity index (χ2n) is 5.15. The van der Waals surface area contributed by atoms with Gasteiger partial charge >= 0.3 is 0 Å². The normalized spacial score (nSPS) is 14.1. The number of aryl methyl sites for hydroxylation is 1. The lowest BCUT2D eigenvalue weighted by Gasteiger charge is -2.07. The van der Waals surface area contributed by atoms with E-state index in [2.05, 4.69) is 15.9 Å². The van der Waals surface area contributed by atoms with Gasteiger partial charge in [0.05, 0.1) is 6.10 Å². The quantitative estimate of drug-likeness (QED) is 0.770. The molecule has 0 heterocycles. The van der Waals surface area contributed by atoms with Crippen LogP contribution in [0.4, 0.5) is 0 Å². The zero-order valence-electron chi connectivity index (χ0n) is 11.2. The van der Waals surface area contributed by atoms with Gasteiger partial charge in [-0.25, -0.2) is 0 Å². The van der Waals surface area contributed by atoms with Crippen molar-refractivity contribution in [3.63, 3.8) is 0 Å². The van der Waals surface area contributed by atoms with Crippen molar-refractivity contribution in [1.29, 1.82) is 0 Å². The highest BCUT2D eigenvalue weighted by atomic mass is 79.9. The molecule has 3 heteroatoms. The molecule has 0 spiro atoms. The monoisotopic (exact) mass is 330 g/mol. The molecule has 0 saturated heterocycles. The van der Waals surface area contributed by atoms with E-state index < -0.39 is 0 Å². The van der Waals surface area contributed by atoms with Gasteiger partial charge in [0.2, 0.25) is 0 Å². The number of halogens is 1. The van der Waals surface area contributed by atoms with Gasteiger partial charge in [0, 0.05) is 15.6 Å². The molecule has 2 nitrogen and oxygen atoms in total. The van der Waals surface area contributed by atoms with E-state index in [4.69, 9.17) is 4.74 Å². The molecule has 2 aromatic rings. The first kappa shape index (κ1) is 13.4. The molecule has 0 radical (unpaired) electrons. The van der Waals surface area contributed by atoms with Crippen LogP contribution in [0.15, 0.2) is 46.9 Å². The van der Waals surface area contributed by atoms with Gasteiger partial charge in [-0.1, -0.05) is 22.0 Å². The topological polar surface area (TPSA) is 26.3 Å².